The van der Waals surface area contributed by atoms with Crippen LogP contribution in [0.2, 0.25) is 0 Å². The van der Waals surface area contributed by atoms with Crippen LogP contribution in [0.5, 0.6) is 0 Å². The summed E-state index contributed by atoms with van der Waals surface area (Å²) in [4.78, 5) is 14.2. The number of carbonyl (C=O) groups is 1. The lowest BCUT2D eigenvalue weighted by Gasteiger charge is -2.16. The van der Waals surface area contributed by atoms with E-state index in [2.05, 4.69) is 15.5 Å². The summed E-state index contributed by atoms with van der Waals surface area (Å²) in [6.07, 6.45) is 0.584. The van der Waals surface area contributed by atoms with Crippen molar-refractivity contribution < 1.29 is 9.18 Å². The molecule has 3 rings (SSSR count). The number of para-hydroxylation sites is 1. The first-order chi connectivity index (χ1) is 12.9. The van der Waals surface area contributed by atoms with E-state index in [0.717, 1.165) is 27.4 Å². The average Bonchev–Trinajstić information content (AvgIpc) is 3.09. The Labute approximate surface area is 161 Å². The Morgan fingerprint density at radius 1 is 1.11 bits per heavy atom. The Morgan fingerprint density at radius 2 is 1.78 bits per heavy atom. The molecule has 1 aromatic heterocycles. The topological polar surface area (TPSA) is 58.1 Å². The van der Waals surface area contributed by atoms with E-state index < -0.39 is 0 Å². The molecular formula is C20H21FN4OS. The van der Waals surface area contributed by atoms with Gasteiger partial charge in [0.2, 0.25) is 11.0 Å². The first-order valence-corrected chi connectivity index (χ1v) is 9.38. The second-order valence-electron chi connectivity index (χ2n) is 6.45. The SMILES string of the molecule is Cc1cccc(C)c1NC(=O)CN(C)c1nnc(Cc2ccc(F)cc2)s1. The van der Waals surface area contributed by atoms with Gasteiger partial charge in [0.15, 0.2) is 0 Å². The number of hydrogen-bond donors (Lipinski definition) is 1. The van der Waals surface area contributed by atoms with Gasteiger partial charge in [-0.1, -0.05) is 41.7 Å². The second-order valence-corrected chi connectivity index (χ2v) is 7.49. The highest BCUT2D eigenvalue weighted by atomic mass is 32.1. The Hall–Kier alpha value is -2.80. The number of carbonyl (C=O) groups excluding carboxylic acids is 1. The van der Waals surface area contributed by atoms with Gasteiger partial charge in [-0.3, -0.25) is 4.79 Å². The highest BCUT2D eigenvalue weighted by molar-refractivity contribution is 7.15. The van der Waals surface area contributed by atoms with Gasteiger partial charge in [-0.2, -0.15) is 0 Å². The van der Waals surface area contributed by atoms with Gasteiger partial charge >= 0.3 is 0 Å². The minimum Gasteiger partial charge on any atom is -0.340 e. The fourth-order valence-electron chi connectivity index (χ4n) is 2.72. The summed E-state index contributed by atoms with van der Waals surface area (Å²) < 4.78 is 13.0. The summed E-state index contributed by atoms with van der Waals surface area (Å²) in [5, 5.41) is 12.8. The van der Waals surface area contributed by atoms with Crippen molar-refractivity contribution in [2.24, 2.45) is 0 Å². The van der Waals surface area contributed by atoms with Crippen LogP contribution in [0.1, 0.15) is 21.7 Å². The van der Waals surface area contributed by atoms with Gasteiger partial charge in [0.25, 0.3) is 0 Å². The number of aromatic nitrogens is 2. The molecule has 2 aromatic carbocycles. The minimum absolute atomic E-state index is 0.106. The van der Waals surface area contributed by atoms with Gasteiger partial charge in [0.05, 0.1) is 6.54 Å². The van der Waals surface area contributed by atoms with Crippen molar-refractivity contribution in [3.63, 3.8) is 0 Å². The number of nitrogens with one attached hydrogen (secondary N) is 1. The predicted molar refractivity (Wildman–Crippen MR) is 107 cm³/mol. The summed E-state index contributed by atoms with van der Waals surface area (Å²) in [7, 11) is 1.81. The van der Waals surface area contributed by atoms with E-state index in [1.807, 2.05) is 39.1 Å². The number of likely N-dealkylation sites (N-methyl/N-ethyl adjacent to an activating group) is 1. The summed E-state index contributed by atoms with van der Waals surface area (Å²) in [5.74, 6) is -0.364. The molecule has 0 fully saturated rings. The molecule has 0 saturated carbocycles. The molecule has 0 unspecified atom stereocenters. The normalized spacial score (nSPS) is 10.7. The Balaban J connectivity index is 1.61. The van der Waals surface area contributed by atoms with Crippen molar-refractivity contribution in [1.29, 1.82) is 0 Å². The van der Waals surface area contributed by atoms with Crippen LogP contribution >= 0.6 is 11.3 Å². The lowest BCUT2D eigenvalue weighted by molar-refractivity contribution is -0.114. The highest BCUT2D eigenvalue weighted by Crippen LogP contribution is 2.22. The zero-order valence-corrected chi connectivity index (χ0v) is 16.3. The van der Waals surface area contributed by atoms with E-state index in [9.17, 15) is 9.18 Å². The summed E-state index contributed by atoms with van der Waals surface area (Å²) in [6.45, 7) is 4.12. The fourth-order valence-corrected chi connectivity index (χ4v) is 3.55. The van der Waals surface area contributed by atoms with Crippen LogP contribution in [0.15, 0.2) is 42.5 Å². The minimum atomic E-state index is -0.258. The van der Waals surface area contributed by atoms with E-state index in [1.54, 1.807) is 17.0 Å². The van der Waals surface area contributed by atoms with E-state index in [4.69, 9.17) is 0 Å². The molecule has 0 aliphatic carbocycles. The third kappa shape index (κ3) is 4.89. The molecule has 27 heavy (non-hydrogen) atoms. The molecule has 0 aliphatic heterocycles. The zero-order valence-electron chi connectivity index (χ0n) is 15.5. The van der Waals surface area contributed by atoms with Gasteiger partial charge in [0, 0.05) is 19.2 Å². The molecule has 140 valence electrons. The van der Waals surface area contributed by atoms with E-state index >= 15 is 0 Å². The van der Waals surface area contributed by atoms with Gasteiger partial charge < -0.3 is 10.2 Å². The van der Waals surface area contributed by atoms with Crippen molar-refractivity contribution in [2.45, 2.75) is 20.3 Å². The Kier molecular flexibility index (Phi) is 5.81. The molecule has 3 aromatic rings. The summed E-state index contributed by atoms with van der Waals surface area (Å²) in [6, 6.07) is 12.2. The van der Waals surface area contributed by atoms with E-state index in [1.165, 1.54) is 23.5 Å². The van der Waals surface area contributed by atoms with Crippen molar-refractivity contribution in [3.05, 3.63) is 70.0 Å². The number of benzene rings is 2. The molecule has 1 heterocycles. The van der Waals surface area contributed by atoms with Crippen molar-refractivity contribution in [1.82, 2.24) is 10.2 Å². The van der Waals surface area contributed by atoms with E-state index in [0.29, 0.717) is 11.6 Å². The number of rotatable bonds is 6. The lowest BCUT2D eigenvalue weighted by atomic mass is 10.1. The van der Waals surface area contributed by atoms with Crippen LogP contribution in [0, 0.1) is 19.7 Å². The number of nitrogens with zero attached hydrogens (tertiary/aromatic N) is 3. The number of aryl methyl sites for hydroxylation is 2. The molecule has 7 heteroatoms. The number of anilines is 2. The maximum atomic E-state index is 13.0. The summed E-state index contributed by atoms with van der Waals surface area (Å²) in [5.41, 5.74) is 3.88. The molecule has 0 spiro atoms. The predicted octanol–water partition coefficient (Wildman–Crippen LogP) is 3.96. The largest absolute Gasteiger partial charge is 0.340 e. The summed E-state index contributed by atoms with van der Waals surface area (Å²) >= 11 is 1.42. The second kappa shape index (κ2) is 8.26. The maximum Gasteiger partial charge on any atom is 0.243 e. The average molecular weight is 384 g/mol. The van der Waals surface area contributed by atoms with Gasteiger partial charge in [-0.25, -0.2) is 4.39 Å². The number of hydrogen-bond acceptors (Lipinski definition) is 5. The van der Waals surface area contributed by atoms with Crippen molar-refractivity contribution >= 4 is 28.1 Å². The van der Waals surface area contributed by atoms with E-state index in [-0.39, 0.29) is 18.3 Å². The molecule has 0 atom stereocenters. The number of amides is 1. The molecule has 0 aliphatic rings. The fraction of sp³-hybridized carbons (Fsp3) is 0.250. The van der Waals surface area contributed by atoms with Crippen LogP contribution in [-0.2, 0) is 11.2 Å². The smallest absolute Gasteiger partial charge is 0.243 e. The van der Waals surface area contributed by atoms with Crippen LogP contribution in [-0.4, -0.2) is 29.7 Å². The van der Waals surface area contributed by atoms with Crippen LogP contribution < -0.4 is 10.2 Å². The molecule has 5 nitrogen and oxygen atoms in total. The molecule has 0 saturated heterocycles. The molecule has 1 amide bonds. The van der Waals surface area contributed by atoms with Crippen LogP contribution in [0.3, 0.4) is 0 Å². The van der Waals surface area contributed by atoms with Gasteiger partial charge in [-0.05, 0) is 42.7 Å². The maximum absolute atomic E-state index is 13.0. The van der Waals surface area contributed by atoms with Crippen molar-refractivity contribution in [2.75, 3.05) is 23.8 Å². The Bertz CT molecular complexity index is 919. The first kappa shape index (κ1) is 19.0. The Morgan fingerprint density at radius 3 is 2.44 bits per heavy atom. The van der Waals surface area contributed by atoms with Gasteiger partial charge in [0.1, 0.15) is 10.8 Å². The van der Waals surface area contributed by atoms with Crippen molar-refractivity contribution in [3.8, 4) is 0 Å². The molecular weight excluding hydrogens is 363 g/mol. The van der Waals surface area contributed by atoms with Crippen LogP contribution in [0.4, 0.5) is 15.2 Å². The standard InChI is InChI=1S/C20H21FN4OS/c1-13-5-4-6-14(2)19(13)22-17(26)12-25(3)20-24-23-18(27-20)11-15-7-9-16(21)10-8-15/h4-10H,11-12H2,1-3H3,(H,22,26). The molecule has 1 N–H and O–H groups in total. The quantitative estimate of drug-likeness (QED) is 0.699. The molecule has 0 radical (unpaired) electrons. The zero-order chi connectivity index (χ0) is 19.4. The highest BCUT2D eigenvalue weighted by Gasteiger charge is 2.14. The third-order valence-corrected chi connectivity index (χ3v) is 5.22. The lowest BCUT2D eigenvalue weighted by Crippen LogP contribution is -2.30. The first-order valence-electron chi connectivity index (χ1n) is 8.56. The monoisotopic (exact) mass is 384 g/mol. The number of halogens is 1. The third-order valence-electron chi connectivity index (χ3n) is 4.18. The molecule has 0 bridgehead atoms. The van der Waals surface area contributed by atoms with Gasteiger partial charge in [-0.15, -0.1) is 10.2 Å². The van der Waals surface area contributed by atoms with Crippen LogP contribution in [0.25, 0.3) is 0 Å².